The molecule has 0 saturated carbocycles. The first kappa shape index (κ1) is 12.1. The second-order valence-electron chi connectivity index (χ2n) is 3.69. The zero-order chi connectivity index (χ0) is 11.3. The number of thioether (sulfide) groups is 1. The van der Waals surface area contributed by atoms with Gasteiger partial charge < -0.3 is 5.11 Å². The molecule has 1 aromatic carbocycles. The molecule has 0 aliphatic heterocycles. The van der Waals surface area contributed by atoms with Crippen LogP contribution in [0.3, 0.4) is 0 Å². The molecule has 0 aliphatic rings. The van der Waals surface area contributed by atoms with Gasteiger partial charge in [0.15, 0.2) is 0 Å². The van der Waals surface area contributed by atoms with Gasteiger partial charge in [-0.1, -0.05) is 6.92 Å². The molecule has 0 saturated heterocycles. The second kappa shape index (κ2) is 5.79. The highest BCUT2D eigenvalue weighted by Crippen LogP contribution is 2.22. The molecule has 0 aromatic heterocycles. The third kappa shape index (κ3) is 3.58. The van der Waals surface area contributed by atoms with Gasteiger partial charge in [-0.15, -0.1) is 11.8 Å². The summed E-state index contributed by atoms with van der Waals surface area (Å²) in [7, 11) is 0. The van der Waals surface area contributed by atoms with Gasteiger partial charge in [0.2, 0.25) is 0 Å². The van der Waals surface area contributed by atoms with Crippen LogP contribution in [-0.4, -0.2) is 17.5 Å². The summed E-state index contributed by atoms with van der Waals surface area (Å²) in [6.45, 7) is 4.18. The molecule has 0 heterocycles. The van der Waals surface area contributed by atoms with Gasteiger partial charge in [-0.25, -0.2) is 0 Å². The number of rotatable bonds is 4. The summed E-state index contributed by atoms with van der Waals surface area (Å²) in [6.07, 6.45) is 0. The third-order valence-electron chi connectivity index (χ3n) is 2.16. The lowest BCUT2D eigenvalue weighted by Crippen LogP contribution is -2.03. The van der Waals surface area contributed by atoms with E-state index in [9.17, 15) is 0 Å². The maximum atomic E-state index is 8.89. The van der Waals surface area contributed by atoms with Crippen molar-refractivity contribution in [3.8, 4) is 6.07 Å². The van der Waals surface area contributed by atoms with Crippen LogP contribution in [0.15, 0.2) is 23.1 Å². The van der Waals surface area contributed by atoms with Crippen molar-refractivity contribution in [3.05, 3.63) is 29.3 Å². The Hall–Kier alpha value is -0.980. The molecular weight excluding hydrogens is 206 g/mol. The Morgan fingerprint density at radius 2 is 2.27 bits per heavy atom. The van der Waals surface area contributed by atoms with Crippen LogP contribution in [0.4, 0.5) is 0 Å². The minimum Gasteiger partial charge on any atom is -0.396 e. The van der Waals surface area contributed by atoms with Crippen LogP contribution in [0.2, 0.25) is 0 Å². The van der Waals surface area contributed by atoms with Crippen LogP contribution in [-0.2, 0) is 0 Å². The number of nitriles is 1. The van der Waals surface area contributed by atoms with Gasteiger partial charge in [-0.2, -0.15) is 5.26 Å². The van der Waals surface area contributed by atoms with Crippen molar-refractivity contribution in [1.29, 1.82) is 5.26 Å². The van der Waals surface area contributed by atoms with E-state index in [4.69, 9.17) is 10.4 Å². The molecule has 3 heteroatoms. The predicted molar refractivity (Wildman–Crippen MR) is 62.9 cm³/mol. The van der Waals surface area contributed by atoms with E-state index >= 15 is 0 Å². The van der Waals surface area contributed by atoms with E-state index in [1.54, 1.807) is 11.8 Å². The van der Waals surface area contributed by atoms with Crippen molar-refractivity contribution >= 4 is 11.8 Å². The van der Waals surface area contributed by atoms with Gasteiger partial charge in [-0.05, 0) is 36.6 Å². The predicted octanol–water partition coefficient (Wildman–Crippen LogP) is 2.59. The molecule has 2 nitrogen and oxygen atoms in total. The van der Waals surface area contributed by atoms with E-state index in [1.165, 1.54) is 0 Å². The normalized spacial score (nSPS) is 12.1. The first-order chi connectivity index (χ1) is 7.17. The largest absolute Gasteiger partial charge is 0.396 e. The molecule has 15 heavy (non-hydrogen) atoms. The molecule has 1 aromatic rings. The van der Waals surface area contributed by atoms with Crippen LogP contribution >= 0.6 is 11.8 Å². The van der Waals surface area contributed by atoms with Crippen LogP contribution in [0.5, 0.6) is 0 Å². The molecule has 1 rings (SSSR count). The lowest BCUT2D eigenvalue weighted by atomic mass is 10.1. The summed E-state index contributed by atoms with van der Waals surface area (Å²) in [5, 5.41) is 17.7. The Labute approximate surface area is 94.9 Å². The fraction of sp³-hybridized carbons (Fsp3) is 0.417. The van der Waals surface area contributed by atoms with Crippen LogP contribution in [0.25, 0.3) is 0 Å². The van der Waals surface area contributed by atoms with Gasteiger partial charge in [-0.3, -0.25) is 0 Å². The van der Waals surface area contributed by atoms with Gasteiger partial charge in [0.05, 0.1) is 11.6 Å². The van der Waals surface area contributed by atoms with E-state index in [2.05, 4.69) is 6.07 Å². The van der Waals surface area contributed by atoms with Crippen molar-refractivity contribution < 1.29 is 5.11 Å². The van der Waals surface area contributed by atoms with Crippen LogP contribution in [0.1, 0.15) is 18.1 Å². The maximum Gasteiger partial charge on any atom is 0.0994 e. The smallest absolute Gasteiger partial charge is 0.0994 e. The van der Waals surface area contributed by atoms with Gasteiger partial charge in [0.1, 0.15) is 0 Å². The number of nitrogens with zero attached hydrogens (tertiary/aromatic N) is 1. The average Bonchev–Trinajstić information content (AvgIpc) is 2.26. The SMILES string of the molecule is Cc1cc(SCC(C)CO)ccc1C#N. The van der Waals surface area contributed by atoms with Crippen molar-refractivity contribution in [2.45, 2.75) is 18.7 Å². The Kier molecular flexibility index (Phi) is 4.67. The summed E-state index contributed by atoms with van der Waals surface area (Å²) in [5.41, 5.74) is 1.74. The molecule has 0 radical (unpaired) electrons. The van der Waals surface area contributed by atoms with Gasteiger partial charge in [0, 0.05) is 17.3 Å². The van der Waals surface area contributed by atoms with E-state index in [0.717, 1.165) is 21.8 Å². The summed E-state index contributed by atoms with van der Waals surface area (Å²) < 4.78 is 0. The Morgan fingerprint density at radius 1 is 1.53 bits per heavy atom. The number of hydrogen-bond acceptors (Lipinski definition) is 3. The number of aliphatic hydroxyl groups excluding tert-OH is 1. The highest BCUT2D eigenvalue weighted by atomic mass is 32.2. The molecule has 0 amide bonds. The Balaban J connectivity index is 2.64. The Bertz CT molecular complexity index is 370. The molecule has 0 spiro atoms. The number of benzene rings is 1. The Morgan fingerprint density at radius 3 is 2.80 bits per heavy atom. The fourth-order valence-electron chi connectivity index (χ4n) is 1.14. The quantitative estimate of drug-likeness (QED) is 0.795. The van der Waals surface area contributed by atoms with E-state index in [1.807, 2.05) is 32.0 Å². The third-order valence-corrected chi connectivity index (χ3v) is 3.49. The molecule has 1 N–H and O–H groups in total. The highest BCUT2D eigenvalue weighted by Gasteiger charge is 2.03. The molecule has 0 aliphatic carbocycles. The molecule has 0 fully saturated rings. The average molecular weight is 221 g/mol. The lowest BCUT2D eigenvalue weighted by Gasteiger charge is -2.07. The van der Waals surface area contributed by atoms with Crippen molar-refractivity contribution in [3.63, 3.8) is 0 Å². The molecule has 80 valence electrons. The first-order valence-corrected chi connectivity index (χ1v) is 5.90. The molecule has 1 atom stereocenters. The molecule has 0 bridgehead atoms. The van der Waals surface area contributed by atoms with Crippen molar-refractivity contribution in [1.82, 2.24) is 0 Å². The topological polar surface area (TPSA) is 44.0 Å². The minimum atomic E-state index is 0.224. The number of hydrogen-bond donors (Lipinski definition) is 1. The zero-order valence-corrected chi connectivity index (χ0v) is 9.84. The molecule has 1 unspecified atom stereocenters. The lowest BCUT2D eigenvalue weighted by molar-refractivity contribution is 0.250. The van der Waals surface area contributed by atoms with E-state index in [0.29, 0.717) is 5.92 Å². The molecular formula is C12H15NOS. The zero-order valence-electron chi connectivity index (χ0n) is 9.03. The van der Waals surface area contributed by atoms with E-state index < -0.39 is 0 Å². The summed E-state index contributed by atoms with van der Waals surface area (Å²) in [5.74, 6) is 1.22. The van der Waals surface area contributed by atoms with E-state index in [-0.39, 0.29) is 6.61 Å². The van der Waals surface area contributed by atoms with Crippen LogP contribution in [0, 0.1) is 24.2 Å². The van der Waals surface area contributed by atoms with Crippen molar-refractivity contribution in [2.75, 3.05) is 12.4 Å². The second-order valence-corrected chi connectivity index (χ2v) is 4.78. The number of aliphatic hydroxyl groups is 1. The van der Waals surface area contributed by atoms with Gasteiger partial charge in [0.25, 0.3) is 0 Å². The standard InChI is InChI=1S/C12H15NOS/c1-9(7-14)8-15-12-4-3-11(6-13)10(2)5-12/h3-5,9,14H,7-8H2,1-2H3. The summed E-state index contributed by atoms with van der Waals surface area (Å²) in [6, 6.07) is 7.98. The van der Waals surface area contributed by atoms with Gasteiger partial charge >= 0.3 is 0 Å². The monoisotopic (exact) mass is 221 g/mol. The number of aryl methyl sites for hydroxylation is 1. The first-order valence-electron chi connectivity index (χ1n) is 4.91. The summed E-state index contributed by atoms with van der Waals surface area (Å²) >= 11 is 1.72. The maximum absolute atomic E-state index is 8.89. The van der Waals surface area contributed by atoms with Crippen LogP contribution < -0.4 is 0 Å². The van der Waals surface area contributed by atoms with Crippen molar-refractivity contribution in [2.24, 2.45) is 5.92 Å². The highest BCUT2D eigenvalue weighted by molar-refractivity contribution is 7.99. The summed E-state index contributed by atoms with van der Waals surface area (Å²) in [4.78, 5) is 1.16. The minimum absolute atomic E-state index is 0.224. The fourth-order valence-corrected chi connectivity index (χ4v) is 2.15.